The van der Waals surface area contributed by atoms with Gasteiger partial charge in [0.2, 0.25) is 10.0 Å². The summed E-state index contributed by atoms with van der Waals surface area (Å²) in [6, 6.07) is 5.94. The van der Waals surface area contributed by atoms with Crippen molar-refractivity contribution in [2.45, 2.75) is 38.6 Å². The molecule has 0 aromatic heterocycles. The first kappa shape index (κ1) is 16.7. The summed E-state index contributed by atoms with van der Waals surface area (Å²) in [5.74, 6) is -0.156. The summed E-state index contributed by atoms with van der Waals surface area (Å²) in [5, 5.41) is 0. The first-order valence-corrected chi connectivity index (χ1v) is 8.21. The van der Waals surface area contributed by atoms with Gasteiger partial charge in [0.1, 0.15) is 0 Å². The van der Waals surface area contributed by atoms with E-state index in [0.717, 1.165) is 0 Å². The third kappa shape index (κ3) is 4.05. The van der Waals surface area contributed by atoms with Crippen molar-refractivity contribution in [3.63, 3.8) is 0 Å². The minimum absolute atomic E-state index is 0.115. The molecule has 0 aliphatic heterocycles. The lowest BCUT2D eigenvalue weighted by atomic mass is 10.2. The van der Waals surface area contributed by atoms with Crippen LogP contribution in [0, 0.1) is 0 Å². The van der Waals surface area contributed by atoms with Gasteiger partial charge in [-0.15, -0.1) is 0 Å². The third-order valence-electron chi connectivity index (χ3n) is 2.83. The molecule has 0 unspecified atom stereocenters. The van der Waals surface area contributed by atoms with Gasteiger partial charge in [0.15, 0.2) is 0 Å². The monoisotopic (exact) mass is 298 g/mol. The average Bonchev–Trinajstić information content (AvgIpc) is 2.38. The standard InChI is InChI=1S/C14H22N2O3S/c1-5-16(6-2)14(17)12-8-7-9-13(10-12)20(18,19)15-11(3)4/h7-11,15H,5-6H2,1-4H3. The summed E-state index contributed by atoms with van der Waals surface area (Å²) >= 11 is 0. The molecule has 6 heteroatoms. The molecule has 0 saturated heterocycles. The van der Waals surface area contributed by atoms with E-state index >= 15 is 0 Å². The molecule has 0 radical (unpaired) electrons. The topological polar surface area (TPSA) is 66.5 Å². The van der Waals surface area contributed by atoms with Crippen LogP contribution in [-0.2, 0) is 10.0 Å². The smallest absolute Gasteiger partial charge is 0.253 e. The molecule has 0 atom stereocenters. The highest BCUT2D eigenvalue weighted by Gasteiger charge is 2.18. The van der Waals surface area contributed by atoms with Crippen LogP contribution in [0.25, 0.3) is 0 Å². The molecule has 0 aliphatic rings. The Morgan fingerprint density at radius 2 is 1.85 bits per heavy atom. The molecule has 1 aromatic carbocycles. The molecule has 20 heavy (non-hydrogen) atoms. The van der Waals surface area contributed by atoms with Crippen molar-refractivity contribution < 1.29 is 13.2 Å². The maximum atomic E-state index is 12.2. The van der Waals surface area contributed by atoms with Crippen LogP contribution in [0.5, 0.6) is 0 Å². The Morgan fingerprint density at radius 1 is 1.25 bits per heavy atom. The summed E-state index contributed by atoms with van der Waals surface area (Å²) in [5.41, 5.74) is 0.389. The second kappa shape index (κ2) is 6.85. The van der Waals surface area contributed by atoms with Crippen molar-refractivity contribution in [3.05, 3.63) is 29.8 Å². The molecule has 0 aliphatic carbocycles. The van der Waals surface area contributed by atoms with Gasteiger partial charge in [0.25, 0.3) is 5.91 Å². The van der Waals surface area contributed by atoms with E-state index in [9.17, 15) is 13.2 Å². The molecule has 1 aromatic rings. The Balaban J connectivity index is 3.11. The highest BCUT2D eigenvalue weighted by Crippen LogP contribution is 2.14. The lowest BCUT2D eigenvalue weighted by Crippen LogP contribution is -2.32. The van der Waals surface area contributed by atoms with Crippen molar-refractivity contribution in [2.75, 3.05) is 13.1 Å². The fourth-order valence-electron chi connectivity index (χ4n) is 1.87. The van der Waals surface area contributed by atoms with Crippen molar-refractivity contribution in [1.29, 1.82) is 0 Å². The van der Waals surface area contributed by atoms with E-state index in [0.29, 0.717) is 18.7 Å². The number of carbonyl (C=O) groups excluding carboxylic acids is 1. The Morgan fingerprint density at radius 3 is 2.35 bits per heavy atom. The molecular weight excluding hydrogens is 276 g/mol. The van der Waals surface area contributed by atoms with E-state index in [1.807, 2.05) is 13.8 Å². The van der Waals surface area contributed by atoms with Gasteiger partial charge < -0.3 is 4.90 Å². The van der Waals surface area contributed by atoms with E-state index in [-0.39, 0.29) is 16.8 Å². The fraction of sp³-hybridized carbons (Fsp3) is 0.500. The van der Waals surface area contributed by atoms with Crippen molar-refractivity contribution in [3.8, 4) is 0 Å². The molecule has 5 nitrogen and oxygen atoms in total. The van der Waals surface area contributed by atoms with Gasteiger partial charge in [-0.3, -0.25) is 4.79 Å². The van der Waals surface area contributed by atoms with Crippen LogP contribution >= 0.6 is 0 Å². The molecule has 1 N–H and O–H groups in total. The SMILES string of the molecule is CCN(CC)C(=O)c1cccc(S(=O)(=O)NC(C)C)c1. The van der Waals surface area contributed by atoms with E-state index in [1.165, 1.54) is 12.1 Å². The van der Waals surface area contributed by atoms with Crippen LogP contribution in [0.2, 0.25) is 0 Å². The number of hydrogen-bond acceptors (Lipinski definition) is 3. The van der Waals surface area contributed by atoms with Crippen molar-refractivity contribution >= 4 is 15.9 Å². The minimum atomic E-state index is -3.58. The van der Waals surface area contributed by atoms with Gasteiger partial charge in [0.05, 0.1) is 4.90 Å². The summed E-state index contributed by atoms with van der Waals surface area (Å²) in [7, 11) is -3.58. The molecule has 1 rings (SSSR count). The number of benzene rings is 1. The molecule has 0 saturated carbocycles. The maximum absolute atomic E-state index is 12.2. The van der Waals surface area contributed by atoms with E-state index in [2.05, 4.69) is 4.72 Å². The van der Waals surface area contributed by atoms with Crippen molar-refractivity contribution in [1.82, 2.24) is 9.62 Å². The molecular formula is C14H22N2O3S. The number of sulfonamides is 1. The molecule has 0 spiro atoms. The van der Waals surface area contributed by atoms with Gasteiger partial charge in [-0.25, -0.2) is 13.1 Å². The van der Waals surface area contributed by atoms with E-state index in [1.54, 1.807) is 30.9 Å². The minimum Gasteiger partial charge on any atom is -0.339 e. The number of rotatable bonds is 6. The lowest BCUT2D eigenvalue weighted by molar-refractivity contribution is 0.0772. The number of amides is 1. The number of carbonyl (C=O) groups is 1. The Kier molecular flexibility index (Phi) is 5.71. The van der Waals surface area contributed by atoms with Crippen LogP contribution in [0.1, 0.15) is 38.1 Å². The molecule has 0 bridgehead atoms. The van der Waals surface area contributed by atoms with Gasteiger partial charge >= 0.3 is 0 Å². The predicted molar refractivity (Wildman–Crippen MR) is 79.2 cm³/mol. The van der Waals surface area contributed by atoms with Crippen LogP contribution in [0.3, 0.4) is 0 Å². The highest BCUT2D eigenvalue weighted by molar-refractivity contribution is 7.89. The Labute approximate surface area is 121 Å². The van der Waals surface area contributed by atoms with Gasteiger partial charge in [-0.2, -0.15) is 0 Å². The van der Waals surface area contributed by atoms with Crippen LogP contribution < -0.4 is 4.72 Å². The van der Waals surface area contributed by atoms with Crippen LogP contribution in [0.15, 0.2) is 29.2 Å². The van der Waals surface area contributed by atoms with Crippen LogP contribution in [0.4, 0.5) is 0 Å². The number of hydrogen-bond donors (Lipinski definition) is 1. The quantitative estimate of drug-likeness (QED) is 0.871. The number of nitrogens with one attached hydrogen (secondary N) is 1. The first-order valence-electron chi connectivity index (χ1n) is 6.73. The fourth-order valence-corrected chi connectivity index (χ4v) is 3.16. The van der Waals surface area contributed by atoms with E-state index in [4.69, 9.17) is 0 Å². The summed E-state index contributed by atoms with van der Waals surface area (Å²) in [6.07, 6.45) is 0. The second-order valence-corrected chi connectivity index (χ2v) is 6.50. The summed E-state index contributed by atoms with van der Waals surface area (Å²) in [6.45, 7) is 8.47. The largest absolute Gasteiger partial charge is 0.339 e. The van der Waals surface area contributed by atoms with Crippen LogP contribution in [-0.4, -0.2) is 38.4 Å². The van der Waals surface area contributed by atoms with E-state index < -0.39 is 10.0 Å². The zero-order chi connectivity index (χ0) is 15.3. The second-order valence-electron chi connectivity index (χ2n) is 4.78. The predicted octanol–water partition coefficient (Wildman–Crippen LogP) is 1.86. The molecule has 112 valence electrons. The first-order chi connectivity index (χ1) is 9.31. The molecule has 0 heterocycles. The normalized spacial score (nSPS) is 11.7. The number of nitrogens with zero attached hydrogens (tertiary/aromatic N) is 1. The average molecular weight is 298 g/mol. The zero-order valence-corrected chi connectivity index (χ0v) is 13.2. The summed E-state index contributed by atoms with van der Waals surface area (Å²) < 4.78 is 26.7. The van der Waals surface area contributed by atoms with Gasteiger partial charge in [-0.05, 0) is 45.9 Å². The zero-order valence-electron chi connectivity index (χ0n) is 12.4. The Hall–Kier alpha value is -1.40. The third-order valence-corrected chi connectivity index (χ3v) is 4.49. The maximum Gasteiger partial charge on any atom is 0.253 e. The lowest BCUT2D eigenvalue weighted by Gasteiger charge is -2.19. The van der Waals surface area contributed by atoms with Crippen molar-refractivity contribution in [2.24, 2.45) is 0 Å². The van der Waals surface area contributed by atoms with Gasteiger partial charge in [-0.1, -0.05) is 6.07 Å². The Bertz CT molecular complexity index is 564. The molecule has 1 amide bonds. The summed E-state index contributed by atoms with van der Waals surface area (Å²) in [4.78, 5) is 14.0. The highest BCUT2D eigenvalue weighted by atomic mass is 32.2. The van der Waals surface area contributed by atoms with Gasteiger partial charge in [0, 0.05) is 24.7 Å². The molecule has 0 fully saturated rings.